The number of H-pyrrole nitrogens is 1. The molecule has 0 saturated carbocycles. The summed E-state index contributed by atoms with van der Waals surface area (Å²) in [5.74, 6) is -0.285. The quantitative estimate of drug-likeness (QED) is 0.213. The lowest BCUT2D eigenvalue weighted by Crippen LogP contribution is -2.10. The number of fused-ring (bicyclic) bond motifs is 1. The molecule has 0 spiro atoms. The molecule has 4 aromatic rings. The van der Waals surface area contributed by atoms with Crippen molar-refractivity contribution in [2.75, 3.05) is 6.61 Å². The molecule has 0 saturated heterocycles. The standard InChI is InChI=1S/C24H19F4N3O.2C2H6/c1-2-32-21-11-9-17(14-29-21)22(16-8-10-20-18(12-16)23(25)31-30-20)19(13-24(26,27)28)15-6-4-3-5-7-15;2*1-2/h3-12,14H,2,13H2,1H3,(H,30,31);2*1-2H3/b22-19-;;. The van der Waals surface area contributed by atoms with Gasteiger partial charge in [0.2, 0.25) is 11.8 Å². The van der Waals surface area contributed by atoms with Crippen molar-refractivity contribution in [3.05, 3.63) is 89.5 Å². The maximum Gasteiger partial charge on any atom is 0.393 e. The fraction of sp³-hybridized carbons (Fsp3) is 0.286. The number of rotatable bonds is 6. The van der Waals surface area contributed by atoms with E-state index in [0.29, 0.717) is 40.3 Å². The average Bonchev–Trinajstić information content (AvgIpc) is 3.27. The molecule has 36 heavy (non-hydrogen) atoms. The first-order chi connectivity index (χ1) is 17.4. The van der Waals surface area contributed by atoms with Crippen LogP contribution in [-0.2, 0) is 0 Å². The molecule has 0 unspecified atom stereocenters. The number of hydrogen-bond acceptors (Lipinski definition) is 3. The Morgan fingerprint density at radius 3 is 2.14 bits per heavy atom. The third-order valence-corrected chi connectivity index (χ3v) is 4.91. The Kier molecular flexibility index (Phi) is 10.6. The van der Waals surface area contributed by atoms with Crippen molar-refractivity contribution in [1.82, 2.24) is 15.2 Å². The zero-order valence-electron chi connectivity index (χ0n) is 21.1. The monoisotopic (exact) mass is 501 g/mol. The summed E-state index contributed by atoms with van der Waals surface area (Å²) in [6, 6.07) is 16.3. The van der Waals surface area contributed by atoms with E-state index in [4.69, 9.17) is 4.74 Å². The minimum Gasteiger partial charge on any atom is -0.478 e. The predicted molar refractivity (Wildman–Crippen MR) is 137 cm³/mol. The smallest absolute Gasteiger partial charge is 0.393 e. The van der Waals surface area contributed by atoms with Crippen LogP contribution >= 0.6 is 0 Å². The van der Waals surface area contributed by atoms with Crippen LogP contribution in [0.25, 0.3) is 22.0 Å². The Morgan fingerprint density at radius 2 is 1.56 bits per heavy atom. The molecule has 2 aromatic heterocycles. The number of ether oxygens (including phenoxy) is 1. The fourth-order valence-corrected chi connectivity index (χ4v) is 3.59. The normalized spacial score (nSPS) is 11.6. The van der Waals surface area contributed by atoms with Gasteiger partial charge in [-0.1, -0.05) is 64.1 Å². The van der Waals surface area contributed by atoms with Gasteiger partial charge >= 0.3 is 6.18 Å². The second kappa shape index (κ2) is 13.4. The van der Waals surface area contributed by atoms with Crippen molar-refractivity contribution in [3.8, 4) is 5.88 Å². The lowest BCUT2D eigenvalue weighted by atomic mass is 9.88. The van der Waals surface area contributed by atoms with E-state index in [0.717, 1.165) is 0 Å². The number of nitrogens with zero attached hydrogens (tertiary/aromatic N) is 2. The number of allylic oxidation sites excluding steroid dienone is 1. The molecule has 0 aliphatic rings. The summed E-state index contributed by atoms with van der Waals surface area (Å²) < 4.78 is 60.6. The molecule has 8 heteroatoms. The van der Waals surface area contributed by atoms with Crippen molar-refractivity contribution in [3.63, 3.8) is 0 Å². The van der Waals surface area contributed by atoms with Gasteiger partial charge in [-0.2, -0.15) is 22.7 Å². The zero-order valence-corrected chi connectivity index (χ0v) is 21.1. The van der Waals surface area contributed by atoms with E-state index in [2.05, 4.69) is 15.2 Å². The molecule has 0 aliphatic heterocycles. The molecule has 4 nitrogen and oxygen atoms in total. The van der Waals surface area contributed by atoms with Gasteiger partial charge in [-0.05, 0) is 47.4 Å². The molecular formula is C28H31F4N3O. The average molecular weight is 502 g/mol. The molecule has 2 heterocycles. The van der Waals surface area contributed by atoms with Crippen LogP contribution in [0.4, 0.5) is 17.6 Å². The van der Waals surface area contributed by atoms with Crippen LogP contribution in [0.2, 0.25) is 0 Å². The van der Waals surface area contributed by atoms with E-state index < -0.39 is 18.5 Å². The van der Waals surface area contributed by atoms with Crippen LogP contribution < -0.4 is 4.74 Å². The van der Waals surface area contributed by atoms with Gasteiger partial charge in [-0.3, -0.25) is 5.10 Å². The summed E-state index contributed by atoms with van der Waals surface area (Å²) in [5.41, 5.74) is 2.06. The number of nitrogens with one attached hydrogen (secondary N) is 1. The number of hydrogen-bond donors (Lipinski definition) is 1. The molecule has 0 amide bonds. The van der Waals surface area contributed by atoms with Crippen LogP contribution in [0.15, 0.2) is 66.9 Å². The predicted octanol–water partition coefficient (Wildman–Crippen LogP) is 8.46. The highest BCUT2D eigenvalue weighted by molar-refractivity contribution is 6.00. The van der Waals surface area contributed by atoms with E-state index in [-0.39, 0.29) is 11.0 Å². The topological polar surface area (TPSA) is 50.8 Å². The molecule has 0 atom stereocenters. The Balaban J connectivity index is 0.00000109. The van der Waals surface area contributed by atoms with Crippen LogP contribution in [0.3, 0.4) is 0 Å². The third-order valence-electron chi connectivity index (χ3n) is 4.91. The molecule has 2 aromatic carbocycles. The maximum atomic E-state index is 14.2. The largest absolute Gasteiger partial charge is 0.478 e. The van der Waals surface area contributed by atoms with Crippen LogP contribution in [-0.4, -0.2) is 28.0 Å². The van der Waals surface area contributed by atoms with E-state index in [1.165, 1.54) is 12.3 Å². The minimum absolute atomic E-state index is 0.0623. The molecular weight excluding hydrogens is 470 g/mol. The maximum absolute atomic E-state index is 14.2. The molecule has 0 fully saturated rings. The summed E-state index contributed by atoms with van der Waals surface area (Å²) in [6.45, 7) is 10.2. The Hall–Kier alpha value is -3.68. The van der Waals surface area contributed by atoms with E-state index in [1.807, 2.05) is 34.6 Å². The van der Waals surface area contributed by atoms with Crippen LogP contribution in [0.1, 0.15) is 57.7 Å². The molecule has 1 N–H and O–H groups in total. The fourth-order valence-electron chi connectivity index (χ4n) is 3.59. The summed E-state index contributed by atoms with van der Waals surface area (Å²) >= 11 is 0. The van der Waals surface area contributed by atoms with Crippen LogP contribution in [0.5, 0.6) is 5.88 Å². The van der Waals surface area contributed by atoms with Crippen molar-refractivity contribution in [2.24, 2.45) is 0 Å². The summed E-state index contributed by atoms with van der Waals surface area (Å²) in [7, 11) is 0. The summed E-state index contributed by atoms with van der Waals surface area (Å²) in [6.07, 6.45) is -4.15. The summed E-state index contributed by atoms with van der Waals surface area (Å²) in [5, 5.41) is 6.32. The molecule has 0 bridgehead atoms. The first kappa shape index (κ1) is 28.6. The Bertz CT molecular complexity index is 1250. The van der Waals surface area contributed by atoms with Gasteiger partial charge in [0.05, 0.1) is 23.9 Å². The SMILES string of the molecule is CC.CC.CCOc1ccc(/C(=C(/CC(F)(F)F)c2ccccc2)c2ccc3n[nH]c(F)c3c2)cn1. The second-order valence-electron chi connectivity index (χ2n) is 7.10. The Morgan fingerprint density at radius 1 is 0.889 bits per heavy atom. The second-order valence-corrected chi connectivity index (χ2v) is 7.10. The van der Waals surface area contributed by atoms with Crippen molar-refractivity contribution in [1.29, 1.82) is 0 Å². The van der Waals surface area contributed by atoms with Crippen molar-refractivity contribution in [2.45, 2.75) is 47.2 Å². The van der Waals surface area contributed by atoms with Gasteiger partial charge in [-0.15, -0.1) is 0 Å². The molecule has 192 valence electrons. The number of alkyl halides is 3. The first-order valence-corrected chi connectivity index (χ1v) is 11.9. The lowest BCUT2D eigenvalue weighted by molar-refractivity contribution is -0.122. The molecule has 0 aliphatic carbocycles. The number of pyridine rings is 1. The minimum atomic E-state index is -4.46. The van der Waals surface area contributed by atoms with Gasteiger partial charge < -0.3 is 4.74 Å². The van der Waals surface area contributed by atoms with Gasteiger partial charge in [0.15, 0.2) is 0 Å². The van der Waals surface area contributed by atoms with Gasteiger partial charge in [0.1, 0.15) is 0 Å². The van der Waals surface area contributed by atoms with Gasteiger partial charge in [0, 0.05) is 17.8 Å². The molecule has 4 rings (SSSR count). The zero-order chi connectivity index (χ0) is 26.7. The van der Waals surface area contributed by atoms with Gasteiger partial charge in [0.25, 0.3) is 0 Å². The Labute approximate surface area is 209 Å². The first-order valence-electron chi connectivity index (χ1n) is 11.9. The van der Waals surface area contributed by atoms with Gasteiger partial charge in [-0.25, -0.2) is 4.98 Å². The number of benzene rings is 2. The van der Waals surface area contributed by atoms with Crippen molar-refractivity contribution >= 4 is 22.0 Å². The number of aromatic nitrogens is 3. The number of halogens is 4. The van der Waals surface area contributed by atoms with Crippen LogP contribution in [0, 0.1) is 5.95 Å². The summed E-state index contributed by atoms with van der Waals surface area (Å²) in [4.78, 5) is 4.23. The highest BCUT2D eigenvalue weighted by Gasteiger charge is 2.31. The molecule has 0 radical (unpaired) electrons. The third kappa shape index (κ3) is 7.16. The highest BCUT2D eigenvalue weighted by atomic mass is 19.4. The number of aromatic amines is 1. The van der Waals surface area contributed by atoms with E-state index >= 15 is 0 Å². The highest BCUT2D eigenvalue weighted by Crippen LogP contribution is 2.40. The van der Waals surface area contributed by atoms with Crippen molar-refractivity contribution < 1.29 is 22.3 Å². The van der Waals surface area contributed by atoms with E-state index in [9.17, 15) is 17.6 Å². The lowest BCUT2D eigenvalue weighted by Gasteiger charge is -2.19. The van der Waals surface area contributed by atoms with E-state index in [1.54, 1.807) is 54.6 Å².